The van der Waals surface area contributed by atoms with Crippen molar-refractivity contribution >= 4 is 15.9 Å². The molecule has 0 aromatic heterocycles. The minimum Gasteiger partial charge on any atom is -0.493 e. The maximum absolute atomic E-state index is 6.73. The third kappa shape index (κ3) is 2.29. The fourth-order valence-electron chi connectivity index (χ4n) is 6.16. The van der Waals surface area contributed by atoms with Crippen LogP contribution >= 0.6 is 15.9 Å². The zero-order valence-electron chi connectivity index (χ0n) is 16.6. The monoisotopic (exact) mass is 453 g/mol. The number of para-hydroxylation sites is 1. The predicted octanol–water partition coefficient (Wildman–Crippen LogP) is 4.35. The van der Waals surface area contributed by atoms with Crippen molar-refractivity contribution in [3.63, 3.8) is 0 Å². The van der Waals surface area contributed by atoms with Crippen LogP contribution in [0.15, 0.2) is 53.0 Å². The van der Waals surface area contributed by atoms with Gasteiger partial charge in [0, 0.05) is 22.9 Å². The molecular formula is C24H24BrNO3. The summed E-state index contributed by atoms with van der Waals surface area (Å²) in [4.78, 5) is 2.53. The third-order valence-electron chi connectivity index (χ3n) is 7.43. The first-order valence-electron chi connectivity index (χ1n) is 10.3. The highest BCUT2D eigenvalue weighted by molar-refractivity contribution is 9.10. The molecule has 0 amide bonds. The third-order valence-corrected chi connectivity index (χ3v) is 8.09. The molecule has 0 N–H and O–H groups in total. The molecule has 0 unspecified atom stereocenters. The average Bonchev–Trinajstić information content (AvgIpc) is 3.08. The number of likely N-dealkylation sites (tertiary alicyclic amines) is 1. The van der Waals surface area contributed by atoms with Crippen LogP contribution in [0.25, 0.3) is 0 Å². The Balaban J connectivity index is 1.51. The largest absolute Gasteiger partial charge is 0.493 e. The Morgan fingerprint density at radius 2 is 2.00 bits per heavy atom. The number of methoxy groups -OCH3 is 1. The number of hydrogen-bond donors (Lipinski definition) is 0. The Labute approximate surface area is 179 Å². The Hall–Kier alpha value is -1.98. The van der Waals surface area contributed by atoms with Gasteiger partial charge in [-0.3, -0.25) is 0 Å². The van der Waals surface area contributed by atoms with Gasteiger partial charge in [-0.2, -0.15) is 0 Å². The SMILES string of the molecule is COc1ccc2c3c1O[C@H]1[C@H](Oc4ccccc4Br)C=C[C@H]4[C@@H](C2)N(C)CC[C@@]341. The van der Waals surface area contributed by atoms with E-state index in [4.69, 9.17) is 14.2 Å². The van der Waals surface area contributed by atoms with Gasteiger partial charge in [-0.05, 0) is 72.2 Å². The van der Waals surface area contributed by atoms with Gasteiger partial charge >= 0.3 is 0 Å². The van der Waals surface area contributed by atoms with Crippen molar-refractivity contribution < 1.29 is 14.2 Å². The van der Waals surface area contributed by atoms with Crippen LogP contribution in [0.5, 0.6) is 17.2 Å². The summed E-state index contributed by atoms with van der Waals surface area (Å²) in [5, 5.41) is 0. The lowest BCUT2D eigenvalue weighted by Crippen LogP contribution is -2.65. The van der Waals surface area contributed by atoms with Crippen LogP contribution in [0.3, 0.4) is 0 Å². The number of likely N-dealkylation sites (N-methyl/N-ethyl adjacent to an activating group) is 1. The van der Waals surface area contributed by atoms with Crippen LogP contribution in [-0.2, 0) is 11.8 Å². The number of benzene rings is 2. The van der Waals surface area contributed by atoms with Crippen molar-refractivity contribution in [1.29, 1.82) is 0 Å². The maximum atomic E-state index is 6.73. The van der Waals surface area contributed by atoms with Gasteiger partial charge in [0.2, 0.25) is 0 Å². The molecule has 1 fully saturated rings. The molecule has 1 spiro atoms. The van der Waals surface area contributed by atoms with Gasteiger partial charge in [-0.25, -0.2) is 0 Å². The lowest BCUT2D eigenvalue weighted by Gasteiger charge is -2.56. The topological polar surface area (TPSA) is 30.9 Å². The van der Waals surface area contributed by atoms with E-state index >= 15 is 0 Å². The first kappa shape index (κ1) is 17.8. The summed E-state index contributed by atoms with van der Waals surface area (Å²) >= 11 is 3.62. The van der Waals surface area contributed by atoms with Crippen molar-refractivity contribution in [2.24, 2.45) is 5.92 Å². The van der Waals surface area contributed by atoms with E-state index in [1.54, 1.807) is 7.11 Å². The van der Waals surface area contributed by atoms with E-state index in [0.29, 0.717) is 12.0 Å². The fourth-order valence-corrected chi connectivity index (χ4v) is 6.54. The normalized spacial score (nSPS) is 33.8. The number of piperidine rings is 1. The molecule has 2 aromatic carbocycles. The summed E-state index contributed by atoms with van der Waals surface area (Å²) in [6, 6.07) is 12.8. The summed E-state index contributed by atoms with van der Waals surface area (Å²) in [6.07, 6.45) is 6.57. The summed E-state index contributed by atoms with van der Waals surface area (Å²) in [6.45, 7) is 1.08. The molecule has 2 aromatic rings. The van der Waals surface area contributed by atoms with Gasteiger partial charge in [-0.1, -0.05) is 24.3 Å². The van der Waals surface area contributed by atoms with Crippen LogP contribution in [0.2, 0.25) is 0 Å². The van der Waals surface area contributed by atoms with Crippen molar-refractivity contribution in [3.05, 3.63) is 64.1 Å². The van der Waals surface area contributed by atoms with Gasteiger partial charge in [0.15, 0.2) is 17.6 Å². The zero-order valence-corrected chi connectivity index (χ0v) is 18.2. The van der Waals surface area contributed by atoms with E-state index in [2.05, 4.69) is 52.2 Å². The molecule has 0 radical (unpaired) electrons. The second kappa shape index (κ2) is 6.26. The van der Waals surface area contributed by atoms with Crippen LogP contribution in [0, 0.1) is 5.92 Å². The molecule has 2 aliphatic heterocycles. The second-order valence-corrected chi connectivity index (χ2v) is 9.49. The summed E-state index contributed by atoms with van der Waals surface area (Å²) in [7, 11) is 3.99. The molecule has 2 bridgehead atoms. The van der Waals surface area contributed by atoms with Crippen LogP contribution in [0.1, 0.15) is 17.5 Å². The molecule has 2 heterocycles. The standard InChI is InChI=1S/C24H24BrNO3/c1-26-12-11-24-15-8-10-20(28-18-6-4-3-5-16(18)25)23(24)29-22-19(27-2)9-7-14(21(22)24)13-17(15)26/h3-10,15,17,20,23H,11-13H2,1-2H3/t15-,17+,20+,23-,24-/m0/s1. The summed E-state index contributed by atoms with van der Waals surface area (Å²) in [5.41, 5.74) is 2.74. The van der Waals surface area contributed by atoms with Gasteiger partial charge in [0.25, 0.3) is 0 Å². The lowest BCUT2D eigenvalue weighted by atomic mass is 9.53. The lowest BCUT2D eigenvalue weighted by molar-refractivity contribution is -0.0384. The number of rotatable bonds is 3. The predicted molar refractivity (Wildman–Crippen MR) is 115 cm³/mol. The minimum absolute atomic E-state index is 0.0463. The number of ether oxygens (including phenoxy) is 3. The van der Waals surface area contributed by atoms with Gasteiger partial charge < -0.3 is 19.1 Å². The Morgan fingerprint density at radius 1 is 1.14 bits per heavy atom. The molecule has 4 nitrogen and oxygen atoms in total. The molecule has 5 heteroatoms. The van der Waals surface area contributed by atoms with E-state index in [-0.39, 0.29) is 17.6 Å². The second-order valence-electron chi connectivity index (χ2n) is 8.64. The van der Waals surface area contributed by atoms with Gasteiger partial charge in [0.1, 0.15) is 11.9 Å². The molecule has 4 aliphatic rings. The molecule has 150 valence electrons. The summed E-state index contributed by atoms with van der Waals surface area (Å²) in [5.74, 6) is 3.06. The zero-order chi connectivity index (χ0) is 19.8. The smallest absolute Gasteiger partial charge is 0.166 e. The molecule has 29 heavy (non-hydrogen) atoms. The number of nitrogens with zero attached hydrogens (tertiary/aromatic N) is 1. The molecule has 0 saturated carbocycles. The first-order valence-corrected chi connectivity index (χ1v) is 11.1. The average molecular weight is 454 g/mol. The highest BCUT2D eigenvalue weighted by atomic mass is 79.9. The van der Waals surface area contributed by atoms with E-state index in [1.165, 1.54) is 11.1 Å². The van der Waals surface area contributed by atoms with E-state index in [9.17, 15) is 0 Å². The molecule has 5 atom stereocenters. The quantitative estimate of drug-likeness (QED) is 0.646. The van der Waals surface area contributed by atoms with Crippen molar-refractivity contribution in [2.45, 2.75) is 36.5 Å². The molecule has 6 rings (SSSR count). The van der Waals surface area contributed by atoms with Crippen molar-refractivity contribution in [3.8, 4) is 17.2 Å². The van der Waals surface area contributed by atoms with E-state index in [1.807, 2.05) is 24.3 Å². The van der Waals surface area contributed by atoms with E-state index in [0.717, 1.165) is 41.1 Å². The maximum Gasteiger partial charge on any atom is 0.166 e. The number of hydrogen-bond acceptors (Lipinski definition) is 4. The van der Waals surface area contributed by atoms with Crippen molar-refractivity contribution in [1.82, 2.24) is 4.90 Å². The van der Waals surface area contributed by atoms with Gasteiger partial charge in [0.05, 0.1) is 11.6 Å². The highest BCUT2D eigenvalue weighted by Gasteiger charge is 2.65. The highest BCUT2D eigenvalue weighted by Crippen LogP contribution is 2.62. The fraction of sp³-hybridized carbons (Fsp3) is 0.417. The Kier molecular flexibility index (Phi) is 3.85. The Morgan fingerprint density at radius 3 is 2.83 bits per heavy atom. The first-order chi connectivity index (χ1) is 14.1. The van der Waals surface area contributed by atoms with E-state index < -0.39 is 0 Å². The molecule has 2 aliphatic carbocycles. The minimum atomic E-state index is -0.142. The molecular weight excluding hydrogens is 430 g/mol. The molecule has 1 saturated heterocycles. The summed E-state index contributed by atoms with van der Waals surface area (Å²) < 4.78 is 19.9. The van der Waals surface area contributed by atoms with Crippen LogP contribution in [-0.4, -0.2) is 43.9 Å². The van der Waals surface area contributed by atoms with Gasteiger partial charge in [-0.15, -0.1) is 0 Å². The van der Waals surface area contributed by atoms with Crippen LogP contribution < -0.4 is 14.2 Å². The van der Waals surface area contributed by atoms with Crippen LogP contribution in [0.4, 0.5) is 0 Å². The Bertz CT molecular complexity index is 1020. The van der Waals surface area contributed by atoms with Crippen molar-refractivity contribution in [2.75, 3.05) is 20.7 Å². The number of halogens is 1.